The Morgan fingerprint density at radius 2 is 1.90 bits per heavy atom. The largest absolute Gasteiger partial charge is 0.493 e. The summed E-state index contributed by atoms with van der Waals surface area (Å²) in [6.07, 6.45) is 1.32. The van der Waals surface area contributed by atoms with E-state index in [-0.39, 0.29) is 11.4 Å². The van der Waals surface area contributed by atoms with Crippen molar-refractivity contribution in [3.05, 3.63) is 55.7 Å². The van der Waals surface area contributed by atoms with Gasteiger partial charge in [-0.1, -0.05) is 19.9 Å². The molecule has 2 aromatic rings. The molecule has 0 atom stereocenters. The smallest absolute Gasteiger partial charge is 0.332 e. The number of carbonyl (C=O) groups is 1. The third-order valence-corrected chi connectivity index (χ3v) is 4.37. The highest BCUT2D eigenvalue weighted by Gasteiger charge is 2.23. The van der Waals surface area contributed by atoms with Crippen molar-refractivity contribution in [2.24, 2.45) is 20.0 Å². The zero-order valence-electron chi connectivity index (χ0n) is 17.6. The van der Waals surface area contributed by atoms with E-state index in [9.17, 15) is 19.6 Å². The van der Waals surface area contributed by atoms with Gasteiger partial charge in [0.15, 0.2) is 11.5 Å². The van der Waals surface area contributed by atoms with E-state index in [1.165, 1.54) is 27.3 Å². The summed E-state index contributed by atoms with van der Waals surface area (Å²) in [6, 6.07) is 6.74. The first kappa shape index (κ1) is 22.5. The fourth-order valence-electron chi connectivity index (χ4n) is 2.67. The lowest BCUT2D eigenvalue weighted by molar-refractivity contribution is 0.103. The molecular weight excluding hydrogens is 388 g/mol. The van der Waals surface area contributed by atoms with Crippen molar-refractivity contribution >= 4 is 17.7 Å². The topological polar surface area (TPSA) is 129 Å². The number of Topliss-reactive ketones (excluding diaryl/α,β-unsaturated/α-hetero) is 1. The van der Waals surface area contributed by atoms with Gasteiger partial charge in [-0.3, -0.25) is 18.7 Å². The Balaban J connectivity index is 2.51. The van der Waals surface area contributed by atoms with Gasteiger partial charge in [-0.05, 0) is 29.7 Å². The van der Waals surface area contributed by atoms with Crippen LogP contribution in [0.1, 0.15) is 29.8 Å². The van der Waals surface area contributed by atoms with Crippen LogP contribution in [0.5, 0.6) is 11.5 Å². The molecule has 158 valence electrons. The van der Waals surface area contributed by atoms with Crippen LogP contribution < -0.4 is 26.5 Å². The van der Waals surface area contributed by atoms with E-state index in [2.05, 4.69) is 0 Å². The first-order valence-corrected chi connectivity index (χ1v) is 9.15. The molecule has 0 aliphatic carbocycles. The van der Waals surface area contributed by atoms with Gasteiger partial charge >= 0.3 is 5.69 Å². The molecule has 1 heterocycles. The summed E-state index contributed by atoms with van der Waals surface area (Å²) in [7, 11) is 4.05. The van der Waals surface area contributed by atoms with E-state index < -0.39 is 22.6 Å². The van der Waals surface area contributed by atoms with Crippen molar-refractivity contribution in [1.82, 2.24) is 9.13 Å². The number of allylic oxidation sites excluding steroid dienone is 1. The number of nitrogens with two attached hydrogens (primary N) is 1. The first-order chi connectivity index (χ1) is 14.1. The average molecular weight is 412 g/mol. The van der Waals surface area contributed by atoms with Crippen molar-refractivity contribution in [1.29, 1.82) is 5.26 Å². The summed E-state index contributed by atoms with van der Waals surface area (Å²) in [6.45, 7) is 4.54. The quantitative estimate of drug-likeness (QED) is 0.414. The molecule has 0 radical (unpaired) electrons. The summed E-state index contributed by atoms with van der Waals surface area (Å²) in [4.78, 5) is 37.2. The number of anilines is 1. The highest BCUT2D eigenvalue weighted by atomic mass is 16.5. The summed E-state index contributed by atoms with van der Waals surface area (Å²) >= 11 is 0. The molecule has 0 fully saturated rings. The van der Waals surface area contributed by atoms with E-state index in [1.54, 1.807) is 24.3 Å². The SMILES string of the molecule is COc1cc(/C=C(\C#N)C(=O)c2c(N)n(C)c(=O)n(C)c2=O)ccc1OCC(C)C. The van der Waals surface area contributed by atoms with Crippen LogP contribution in [0.4, 0.5) is 5.82 Å². The Morgan fingerprint density at radius 3 is 2.47 bits per heavy atom. The molecule has 0 bridgehead atoms. The molecule has 0 amide bonds. The van der Waals surface area contributed by atoms with Gasteiger partial charge in [0.05, 0.1) is 13.7 Å². The first-order valence-electron chi connectivity index (χ1n) is 9.15. The maximum absolute atomic E-state index is 12.9. The Hall–Kier alpha value is -3.80. The molecule has 0 saturated heterocycles. The lowest BCUT2D eigenvalue weighted by atomic mass is 10.0. The minimum absolute atomic E-state index is 0.302. The predicted molar refractivity (Wildman–Crippen MR) is 113 cm³/mol. The number of benzene rings is 1. The number of nitriles is 1. The monoisotopic (exact) mass is 412 g/mol. The molecular formula is C21H24N4O5. The molecule has 9 heteroatoms. The predicted octanol–water partition coefficient (Wildman–Crippen LogP) is 1.50. The number of ether oxygens (including phenoxy) is 2. The number of nitrogen functional groups attached to an aromatic ring is 1. The lowest BCUT2D eigenvalue weighted by Crippen LogP contribution is -2.41. The maximum atomic E-state index is 12.9. The molecule has 0 spiro atoms. The molecule has 30 heavy (non-hydrogen) atoms. The van der Waals surface area contributed by atoms with E-state index in [0.717, 1.165) is 9.13 Å². The molecule has 1 aromatic heterocycles. The zero-order chi connectivity index (χ0) is 22.6. The summed E-state index contributed by atoms with van der Waals surface area (Å²) in [5, 5.41) is 9.51. The third kappa shape index (κ3) is 4.43. The number of methoxy groups -OCH3 is 1. The Morgan fingerprint density at radius 1 is 1.23 bits per heavy atom. The molecule has 9 nitrogen and oxygen atoms in total. The van der Waals surface area contributed by atoms with E-state index in [0.29, 0.717) is 29.6 Å². The maximum Gasteiger partial charge on any atom is 0.332 e. The van der Waals surface area contributed by atoms with Crippen LogP contribution in [0.3, 0.4) is 0 Å². The molecule has 0 saturated carbocycles. The van der Waals surface area contributed by atoms with Crippen LogP contribution in [-0.4, -0.2) is 28.6 Å². The van der Waals surface area contributed by atoms with Crippen molar-refractivity contribution in [2.75, 3.05) is 19.5 Å². The van der Waals surface area contributed by atoms with E-state index in [1.807, 2.05) is 13.8 Å². The van der Waals surface area contributed by atoms with Crippen LogP contribution in [0.25, 0.3) is 6.08 Å². The standard InChI is InChI=1S/C21H24N4O5/c1-12(2)11-30-15-7-6-13(9-16(15)29-5)8-14(10-22)18(26)17-19(23)24(3)21(28)25(4)20(17)27/h6-9,12H,11,23H2,1-5H3/b14-8+. The van der Waals surface area contributed by atoms with Gasteiger partial charge in [-0.2, -0.15) is 5.26 Å². The molecule has 0 aliphatic heterocycles. The summed E-state index contributed by atoms with van der Waals surface area (Å²) in [5.41, 5.74) is 4.04. The van der Waals surface area contributed by atoms with Crippen molar-refractivity contribution in [3.8, 4) is 17.6 Å². The second kappa shape index (κ2) is 9.13. The summed E-state index contributed by atoms with van der Waals surface area (Å²) in [5.74, 6) is 0.123. The third-order valence-electron chi connectivity index (χ3n) is 4.37. The highest BCUT2D eigenvalue weighted by Crippen LogP contribution is 2.29. The number of rotatable bonds is 7. The number of aromatic nitrogens is 2. The van der Waals surface area contributed by atoms with Gasteiger partial charge in [-0.15, -0.1) is 0 Å². The van der Waals surface area contributed by atoms with Gasteiger partial charge in [0.1, 0.15) is 23.0 Å². The number of hydrogen-bond acceptors (Lipinski definition) is 7. The lowest BCUT2D eigenvalue weighted by Gasteiger charge is -2.13. The van der Waals surface area contributed by atoms with Crippen LogP contribution in [-0.2, 0) is 14.1 Å². The van der Waals surface area contributed by atoms with Crippen molar-refractivity contribution in [3.63, 3.8) is 0 Å². The Labute approximate surface area is 173 Å². The second-order valence-corrected chi connectivity index (χ2v) is 7.08. The zero-order valence-corrected chi connectivity index (χ0v) is 17.6. The van der Waals surface area contributed by atoms with Crippen LogP contribution in [0.2, 0.25) is 0 Å². The van der Waals surface area contributed by atoms with Gasteiger partial charge < -0.3 is 15.2 Å². The molecule has 0 aliphatic rings. The number of ketones is 1. The molecule has 2 N–H and O–H groups in total. The number of nitrogens with zero attached hydrogens (tertiary/aromatic N) is 3. The Kier molecular flexibility index (Phi) is 6.85. The minimum atomic E-state index is -0.870. The normalized spacial score (nSPS) is 11.3. The summed E-state index contributed by atoms with van der Waals surface area (Å²) < 4.78 is 12.8. The van der Waals surface area contributed by atoms with Crippen LogP contribution in [0.15, 0.2) is 33.4 Å². The van der Waals surface area contributed by atoms with E-state index >= 15 is 0 Å². The van der Waals surface area contributed by atoms with Crippen molar-refractivity contribution in [2.45, 2.75) is 13.8 Å². The fourth-order valence-corrected chi connectivity index (χ4v) is 2.67. The van der Waals surface area contributed by atoms with Crippen LogP contribution in [0, 0.1) is 17.2 Å². The minimum Gasteiger partial charge on any atom is -0.493 e. The number of carbonyl (C=O) groups excluding carboxylic acids is 1. The highest BCUT2D eigenvalue weighted by molar-refractivity contribution is 6.16. The second-order valence-electron chi connectivity index (χ2n) is 7.08. The van der Waals surface area contributed by atoms with Crippen molar-refractivity contribution < 1.29 is 14.3 Å². The van der Waals surface area contributed by atoms with Gasteiger partial charge in [-0.25, -0.2) is 4.79 Å². The van der Waals surface area contributed by atoms with Gasteiger partial charge in [0, 0.05) is 14.1 Å². The van der Waals surface area contributed by atoms with E-state index in [4.69, 9.17) is 15.2 Å². The fraction of sp³-hybridized carbons (Fsp3) is 0.333. The molecule has 1 aromatic carbocycles. The molecule has 2 rings (SSSR count). The number of hydrogen-bond donors (Lipinski definition) is 1. The van der Waals surface area contributed by atoms with Gasteiger partial charge in [0.25, 0.3) is 5.56 Å². The Bertz CT molecular complexity index is 1170. The van der Waals surface area contributed by atoms with Crippen LogP contribution >= 0.6 is 0 Å². The molecule has 0 unspecified atom stereocenters. The average Bonchev–Trinajstić information content (AvgIpc) is 2.73. The van der Waals surface area contributed by atoms with Gasteiger partial charge in [0.2, 0.25) is 5.78 Å².